The Morgan fingerprint density at radius 1 is 1.17 bits per heavy atom. The van der Waals surface area contributed by atoms with E-state index in [1.165, 1.54) is 11.0 Å². The third kappa shape index (κ3) is 3.53. The molecule has 11 heteroatoms. The molecule has 1 saturated heterocycles. The molecule has 0 bridgehead atoms. The van der Waals surface area contributed by atoms with E-state index in [1.54, 1.807) is 18.2 Å². The van der Waals surface area contributed by atoms with E-state index in [0.29, 0.717) is 29.8 Å². The molecule has 158 valence electrons. The maximum Gasteiger partial charge on any atom is 0.503 e. The third-order valence-corrected chi connectivity index (χ3v) is 6.37. The van der Waals surface area contributed by atoms with Gasteiger partial charge in [-0.15, -0.1) is 0 Å². The van der Waals surface area contributed by atoms with Crippen LogP contribution in [-0.4, -0.2) is 47.8 Å². The summed E-state index contributed by atoms with van der Waals surface area (Å²) in [6.07, 6.45) is 2.15. The molecule has 1 aromatic carbocycles. The predicted octanol–water partition coefficient (Wildman–Crippen LogP) is 3.54. The SMILES string of the molecule is O=C(c1cccnc1S(=O)(=O)C(F)(F)F)N1CCCC(c2nc3ccccc3o2)C1. The molecule has 3 aromatic rings. The number of fused-ring (bicyclic) bond motifs is 1. The first-order valence-corrected chi connectivity index (χ1v) is 10.6. The zero-order valence-corrected chi connectivity index (χ0v) is 16.3. The number of piperidine rings is 1. The van der Waals surface area contributed by atoms with Crippen LogP contribution in [0.3, 0.4) is 0 Å². The van der Waals surface area contributed by atoms with Crippen LogP contribution in [0.4, 0.5) is 13.2 Å². The first kappa shape index (κ1) is 20.3. The Bertz CT molecular complexity index is 1170. The number of hydrogen-bond acceptors (Lipinski definition) is 6. The van der Waals surface area contributed by atoms with Crippen molar-refractivity contribution in [3.63, 3.8) is 0 Å². The molecule has 0 spiro atoms. The van der Waals surface area contributed by atoms with Gasteiger partial charge in [-0.1, -0.05) is 12.1 Å². The molecule has 7 nitrogen and oxygen atoms in total. The standard InChI is InChI=1S/C19H16F3N3O4S/c20-19(21,22)30(27,28)17-13(6-3-9-23-17)18(26)25-10-4-5-12(11-25)16-24-14-7-1-2-8-15(14)29-16/h1-3,6-9,12H,4-5,10-11H2. The molecule has 0 N–H and O–H groups in total. The lowest BCUT2D eigenvalue weighted by Crippen LogP contribution is -2.40. The van der Waals surface area contributed by atoms with Gasteiger partial charge in [0.05, 0.1) is 11.5 Å². The molecule has 0 aliphatic carbocycles. The Kier molecular flexibility index (Phi) is 5.00. The molecule has 4 rings (SSSR count). The fraction of sp³-hybridized carbons (Fsp3) is 0.316. The molecule has 3 heterocycles. The van der Waals surface area contributed by atoms with Crippen LogP contribution >= 0.6 is 0 Å². The van der Waals surface area contributed by atoms with Crippen LogP contribution < -0.4 is 0 Å². The number of rotatable bonds is 3. The second-order valence-electron chi connectivity index (χ2n) is 6.92. The number of aromatic nitrogens is 2. The minimum absolute atomic E-state index is 0.145. The van der Waals surface area contributed by atoms with Crippen LogP contribution in [-0.2, 0) is 9.84 Å². The number of halogens is 3. The number of hydrogen-bond donors (Lipinski definition) is 0. The van der Waals surface area contributed by atoms with Gasteiger partial charge in [-0.05, 0) is 37.1 Å². The number of pyridine rings is 1. The van der Waals surface area contributed by atoms with Crippen LogP contribution in [0.15, 0.2) is 52.0 Å². The number of sulfone groups is 1. The molecule has 2 aromatic heterocycles. The summed E-state index contributed by atoms with van der Waals surface area (Å²) >= 11 is 0. The highest BCUT2D eigenvalue weighted by atomic mass is 32.2. The average molecular weight is 439 g/mol. The van der Waals surface area contributed by atoms with Crippen LogP contribution in [0, 0.1) is 0 Å². The maximum absolute atomic E-state index is 13.0. The minimum atomic E-state index is -5.76. The van der Waals surface area contributed by atoms with E-state index in [9.17, 15) is 26.4 Å². The van der Waals surface area contributed by atoms with Gasteiger partial charge >= 0.3 is 5.51 Å². The van der Waals surface area contributed by atoms with Crippen molar-refractivity contribution in [2.45, 2.75) is 29.3 Å². The largest absolute Gasteiger partial charge is 0.503 e. The molecule has 1 aliphatic rings. The van der Waals surface area contributed by atoms with Crippen molar-refractivity contribution >= 4 is 26.8 Å². The number of carbonyl (C=O) groups is 1. The number of nitrogens with zero attached hydrogens (tertiary/aromatic N) is 3. The number of carbonyl (C=O) groups excluding carboxylic acids is 1. The molecule has 0 radical (unpaired) electrons. The quantitative estimate of drug-likeness (QED) is 0.620. The van der Waals surface area contributed by atoms with Gasteiger partial charge in [-0.3, -0.25) is 4.79 Å². The predicted molar refractivity (Wildman–Crippen MR) is 99.4 cm³/mol. The Morgan fingerprint density at radius 3 is 2.67 bits per heavy atom. The highest BCUT2D eigenvalue weighted by Crippen LogP contribution is 2.33. The Labute approximate surface area is 169 Å². The highest BCUT2D eigenvalue weighted by molar-refractivity contribution is 7.92. The maximum atomic E-state index is 13.0. The second kappa shape index (κ2) is 7.38. The summed E-state index contributed by atoms with van der Waals surface area (Å²) in [5.74, 6) is -0.649. The van der Waals surface area contributed by atoms with Crippen molar-refractivity contribution < 1.29 is 30.8 Å². The molecule has 1 fully saturated rings. The lowest BCUT2D eigenvalue weighted by atomic mass is 9.97. The minimum Gasteiger partial charge on any atom is -0.440 e. The van der Waals surface area contributed by atoms with Gasteiger partial charge < -0.3 is 9.32 Å². The van der Waals surface area contributed by atoms with Crippen LogP contribution in [0.25, 0.3) is 11.1 Å². The monoisotopic (exact) mass is 439 g/mol. The van der Waals surface area contributed by atoms with Gasteiger partial charge in [0.15, 0.2) is 16.5 Å². The van der Waals surface area contributed by atoms with E-state index in [1.807, 2.05) is 6.07 Å². The average Bonchev–Trinajstić information content (AvgIpc) is 3.17. The number of likely N-dealkylation sites (tertiary alicyclic amines) is 1. The van der Waals surface area contributed by atoms with Gasteiger partial charge in [-0.2, -0.15) is 13.2 Å². The Balaban J connectivity index is 1.63. The van der Waals surface area contributed by atoms with Gasteiger partial charge in [0.25, 0.3) is 15.7 Å². The normalized spacial score (nSPS) is 18.0. The number of oxazole rings is 1. The second-order valence-corrected chi connectivity index (χ2v) is 8.77. The molecule has 1 aliphatic heterocycles. The van der Waals surface area contributed by atoms with E-state index >= 15 is 0 Å². The summed E-state index contributed by atoms with van der Waals surface area (Å²) in [5, 5.41) is -1.29. The number of amides is 1. The summed E-state index contributed by atoms with van der Waals surface area (Å²) in [4.78, 5) is 22.0. The summed E-state index contributed by atoms with van der Waals surface area (Å²) in [6, 6.07) is 9.44. The Hall–Kier alpha value is -2.95. The fourth-order valence-electron chi connectivity index (χ4n) is 3.48. The number of alkyl halides is 3. The topological polar surface area (TPSA) is 93.4 Å². The molecule has 1 atom stereocenters. The zero-order valence-electron chi connectivity index (χ0n) is 15.5. The van der Waals surface area contributed by atoms with Crippen molar-refractivity contribution in [1.82, 2.24) is 14.9 Å². The van der Waals surface area contributed by atoms with Gasteiger partial charge in [0.1, 0.15) is 5.52 Å². The van der Waals surface area contributed by atoms with Crippen LogP contribution in [0.1, 0.15) is 35.0 Å². The van der Waals surface area contributed by atoms with Crippen molar-refractivity contribution in [1.29, 1.82) is 0 Å². The molecule has 1 unspecified atom stereocenters. The summed E-state index contributed by atoms with van der Waals surface area (Å²) in [7, 11) is -5.76. The van der Waals surface area contributed by atoms with Gasteiger partial charge in [0.2, 0.25) is 0 Å². The van der Waals surface area contributed by atoms with E-state index < -0.39 is 31.8 Å². The molecule has 30 heavy (non-hydrogen) atoms. The molecular formula is C19H16F3N3O4S. The van der Waals surface area contributed by atoms with Crippen LogP contribution in [0.5, 0.6) is 0 Å². The van der Waals surface area contributed by atoms with E-state index in [-0.39, 0.29) is 19.0 Å². The number of para-hydroxylation sites is 2. The van der Waals surface area contributed by atoms with E-state index in [4.69, 9.17) is 4.42 Å². The fourth-order valence-corrected chi connectivity index (χ4v) is 4.34. The van der Waals surface area contributed by atoms with E-state index in [0.717, 1.165) is 12.3 Å². The Morgan fingerprint density at radius 2 is 1.93 bits per heavy atom. The van der Waals surface area contributed by atoms with Crippen molar-refractivity contribution in [2.24, 2.45) is 0 Å². The summed E-state index contributed by atoms with van der Waals surface area (Å²) in [6.45, 7) is 0.419. The summed E-state index contributed by atoms with van der Waals surface area (Å²) in [5.41, 5.74) is -4.89. The lowest BCUT2D eigenvalue weighted by molar-refractivity contribution is -0.0438. The first-order chi connectivity index (χ1) is 14.2. The molecule has 0 saturated carbocycles. The van der Waals surface area contributed by atoms with Gasteiger partial charge in [-0.25, -0.2) is 18.4 Å². The van der Waals surface area contributed by atoms with E-state index in [2.05, 4.69) is 9.97 Å². The molecular weight excluding hydrogens is 423 g/mol. The zero-order chi connectivity index (χ0) is 21.5. The van der Waals surface area contributed by atoms with Gasteiger partial charge in [0, 0.05) is 19.3 Å². The van der Waals surface area contributed by atoms with Crippen molar-refractivity contribution in [3.05, 3.63) is 54.0 Å². The van der Waals surface area contributed by atoms with Crippen molar-refractivity contribution in [2.75, 3.05) is 13.1 Å². The summed E-state index contributed by atoms with van der Waals surface area (Å²) < 4.78 is 68.5. The smallest absolute Gasteiger partial charge is 0.440 e. The number of benzene rings is 1. The lowest BCUT2D eigenvalue weighted by Gasteiger charge is -2.31. The van der Waals surface area contributed by atoms with Crippen molar-refractivity contribution in [3.8, 4) is 0 Å². The van der Waals surface area contributed by atoms with Crippen LogP contribution in [0.2, 0.25) is 0 Å². The third-order valence-electron chi connectivity index (χ3n) is 4.93. The first-order valence-electron chi connectivity index (χ1n) is 9.09. The molecule has 1 amide bonds. The highest BCUT2D eigenvalue weighted by Gasteiger charge is 2.50.